The molecule has 0 aromatic heterocycles. The lowest BCUT2D eigenvalue weighted by atomic mass is 10.1. The first-order chi connectivity index (χ1) is 9.20. The average molecular weight is 287 g/mol. The molecular weight excluding hydrogens is 267 g/mol. The van der Waals surface area contributed by atoms with Gasteiger partial charge in [-0.1, -0.05) is 18.5 Å². The van der Waals surface area contributed by atoms with Crippen LogP contribution in [0.25, 0.3) is 0 Å². The maximum Gasteiger partial charge on any atom is 0.123 e. The van der Waals surface area contributed by atoms with Crippen molar-refractivity contribution in [3.05, 3.63) is 34.6 Å². The number of hydrogen-bond acceptors (Lipinski definition) is 3. The molecule has 1 heterocycles. The molecular formula is C14H20ClFN2O. The number of halogens is 2. The third-order valence-corrected chi connectivity index (χ3v) is 3.73. The van der Waals surface area contributed by atoms with Gasteiger partial charge < -0.3 is 10.1 Å². The van der Waals surface area contributed by atoms with Crippen LogP contribution in [-0.4, -0.2) is 43.8 Å². The molecule has 0 radical (unpaired) electrons. The Morgan fingerprint density at radius 3 is 3.16 bits per heavy atom. The van der Waals surface area contributed by atoms with Crippen molar-refractivity contribution in [3.63, 3.8) is 0 Å². The van der Waals surface area contributed by atoms with Crippen molar-refractivity contribution in [2.75, 3.05) is 32.8 Å². The Labute approximate surface area is 118 Å². The minimum atomic E-state index is -0.240. The lowest BCUT2D eigenvalue weighted by Crippen LogP contribution is -2.49. The van der Waals surface area contributed by atoms with E-state index in [0.717, 1.165) is 31.8 Å². The van der Waals surface area contributed by atoms with E-state index in [1.807, 2.05) is 0 Å². The Morgan fingerprint density at radius 2 is 2.37 bits per heavy atom. The number of rotatable bonds is 5. The molecule has 2 rings (SSSR count). The SMILES string of the molecule is CCNCC1COCCN1Cc1cc(F)ccc1Cl. The third kappa shape index (κ3) is 4.14. The van der Waals surface area contributed by atoms with Gasteiger partial charge in [-0.2, -0.15) is 0 Å². The zero-order chi connectivity index (χ0) is 13.7. The standard InChI is InChI=1S/C14H20ClFN2O/c1-2-17-8-13-10-19-6-5-18(13)9-11-7-12(16)3-4-14(11)15/h3-4,7,13,17H,2,5-6,8-10H2,1H3. The Morgan fingerprint density at radius 1 is 1.53 bits per heavy atom. The number of nitrogens with one attached hydrogen (secondary N) is 1. The largest absolute Gasteiger partial charge is 0.378 e. The van der Waals surface area contributed by atoms with Crippen molar-refractivity contribution in [1.29, 1.82) is 0 Å². The number of morpholine rings is 1. The van der Waals surface area contributed by atoms with Crippen LogP contribution in [0.2, 0.25) is 5.02 Å². The summed E-state index contributed by atoms with van der Waals surface area (Å²) < 4.78 is 18.8. The molecule has 0 spiro atoms. The topological polar surface area (TPSA) is 24.5 Å². The molecule has 1 aromatic rings. The van der Waals surface area contributed by atoms with E-state index in [9.17, 15) is 4.39 Å². The quantitative estimate of drug-likeness (QED) is 0.899. The highest BCUT2D eigenvalue weighted by Gasteiger charge is 2.23. The van der Waals surface area contributed by atoms with Crippen LogP contribution in [0.1, 0.15) is 12.5 Å². The fourth-order valence-electron chi connectivity index (χ4n) is 2.28. The first kappa shape index (κ1) is 14.7. The van der Waals surface area contributed by atoms with Crippen molar-refractivity contribution >= 4 is 11.6 Å². The molecule has 1 N–H and O–H groups in total. The molecule has 0 amide bonds. The summed E-state index contributed by atoms with van der Waals surface area (Å²) in [6, 6.07) is 4.84. The van der Waals surface area contributed by atoms with Crippen LogP contribution in [0.5, 0.6) is 0 Å². The van der Waals surface area contributed by atoms with Gasteiger partial charge in [0.15, 0.2) is 0 Å². The van der Waals surface area contributed by atoms with Crippen molar-refractivity contribution in [2.45, 2.75) is 19.5 Å². The molecule has 1 fully saturated rings. The molecule has 1 atom stereocenters. The van der Waals surface area contributed by atoms with E-state index in [1.165, 1.54) is 12.1 Å². The lowest BCUT2D eigenvalue weighted by molar-refractivity contribution is -0.0107. The van der Waals surface area contributed by atoms with Gasteiger partial charge in [-0.05, 0) is 30.3 Å². The summed E-state index contributed by atoms with van der Waals surface area (Å²) in [4.78, 5) is 2.30. The normalized spacial score (nSPS) is 20.7. The fourth-order valence-corrected chi connectivity index (χ4v) is 2.46. The fraction of sp³-hybridized carbons (Fsp3) is 0.571. The predicted octanol–water partition coefficient (Wildman–Crippen LogP) is 2.29. The molecule has 1 aliphatic rings. The van der Waals surface area contributed by atoms with Gasteiger partial charge in [0.05, 0.1) is 13.2 Å². The molecule has 0 saturated carbocycles. The Balaban J connectivity index is 2.04. The van der Waals surface area contributed by atoms with E-state index < -0.39 is 0 Å². The summed E-state index contributed by atoms with van der Waals surface area (Å²) in [6.45, 7) is 6.83. The molecule has 1 aliphatic heterocycles. The van der Waals surface area contributed by atoms with Crippen molar-refractivity contribution in [2.24, 2.45) is 0 Å². The predicted molar refractivity (Wildman–Crippen MR) is 75.0 cm³/mol. The van der Waals surface area contributed by atoms with Crippen LogP contribution in [0.3, 0.4) is 0 Å². The number of benzene rings is 1. The average Bonchev–Trinajstić information content (AvgIpc) is 2.42. The summed E-state index contributed by atoms with van der Waals surface area (Å²) >= 11 is 6.13. The number of nitrogens with zero attached hydrogens (tertiary/aromatic N) is 1. The summed E-state index contributed by atoms with van der Waals surface area (Å²) in [5.41, 5.74) is 0.838. The molecule has 1 unspecified atom stereocenters. The van der Waals surface area contributed by atoms with E-state index >= 15 is 0 Å². The first-order valence-corrected chi connectivity index (χ1v) is 7.05. The van der Waals surface area contributed by atoms with Crippen LogP contribution in [0.4, 0.5) is 4.39 Å². The zero-order valence-electron chi connectivity index (χ0n) is 11.2. The van der Waals surface area contributed by atoms with Crippen LogP contribution in [-0.2, 0) is 11.3 Å². The molecule has 1 saturated heterocycles. The summed E-state index contributed by atoms with van der Waals surface area (Å²) in [6.07, 6.45) is 0. The van der Waals surface area contributed by atoms with Gasteiger partial charge in [0.1, 0.15) is 5.82 Å². The molecule has 19 heavy (non-hydrogen) atoms. The molecule has 3 nitrogen and oxygen atoms in total. The van der Waals surface area contributed by atoms with Gasteiger partial charge in [-0.15, -0.1) is 0 Å². The van der Waals surface area contributed by atoms with Crippen LogP contribution in [0.15, 0.2) is 18.2 Å². The van der Waals surface area contributed by atoms with Crippen molar-refractivity contribution in [3.8, 4) is 0 Å². The third-order valence-electron chi connectivity index (χ3n) is 3.36. The maximum atomic E-state index is 13.3. The van der Waals surface area contributed by atoms with Gasteiger partial charge >= 0.3 is 0 Å². The highest BCUT2D eigenvalue weighted by Crippen LogP contribution is 2.20. The minimum Gasteiger partial charge on any atom is -0.378 e. The molecule has 1 aromatic carbocycles. The monoisotopic (exact) mass is 286 g/mol. The van der Waals surface area contributed by atoms with E-state index in [4.69, 9.17) is 16.3 Å². The van der Waals surface area contributed by atoms with Crippen LogP contribution < -0.4 is 5.32 Å². The second-order valence-electron chi connectivity index (χ2n) is 4.74. The van der Waals surface area contributed by atoms with Crippen LogP contribution >= 0.6 is 11.6 Å². The Hall–Kier alpha value is -0.680. The van der Waals surface area contributed by atoms with Crippen LogP contribution in [0, 0.1) is 5.82 Å². The second kappa shape index (κ2) is 7.20. The lowest BCUT2D eigenvalue weighted by Gasteiger charge is -2.35. The second-order valence-corrected chi connectivity index (χ2v) is 5.15. The Kier molecular flexibility index (Phi) is 5.58. The maximum absolute atomic E-state index is 13.3. The van der Waals surface area contributed by atoms with Gasteiger partial charge in [-0.25, -0.2) is 4.39 Å². The van der Waals surface area contributed by atoms with E-state index in [-0.39, 0.29) is 5.82 Å². The Bertz CT molecular complexity index is 416. The molecule has 5 heteroatoms. The number of hydrogen-bond donors (Lipinski definition) is 1. The molecule has 0 bridgehead atoms. The minimum absolute atomic E-state index is 0.240. The number of ether oxygens (including phenoxy) is 1. The van der Waals surface area contributed by atoms with Gasteiger partial charge in [0, 0.05) is 30.7 Å². The zero-order valence-corrected chi connectivity index (χ0v) is 11.9. The van der Waals surface area contributed by atoms with Crippen molar-refractivity contribution in [1.82, 2.24) is 10.2 Å². The molecule has 106 valence electrons. The van der Waals surface area contributed by atoms with E-state index in [2.05, 4.69) is 17.1 Å². The summed E-state index contributed by atoms with van der Waals surface area (Å²) in [5.74, 6) is -0.240. The highest BCUT2D eigenvalue weighted by atomic mass is 35.5. The number of likely N-dealkylation sites (N-methyl/N-ethyl adjacent to an activating group) is 1. The highest BCUT2D eigenvalue weighted by molar-refractivity contribution is 6.31. The van der Waals surface area contributed by atoms with E-state index in [0.29, 0.717) is 24.2 Å². The van der Waals surface area contributed by atoms with E-state index in [1.54, 1.807) is 6.07 Å². The van der Waals surface area contributed by atoms with Gasteiger partial charge in [-0.3, -0.25) is 4.90 Å². The molecule has 0 aliphatic carbocycles. The first-order valence-electron chi connectivity index (χ1n) is 6.67. The smallest absolute Gasteiger partial charge is 0.123 e. The summed E-state index contributed by atoms with van der Waals surface area (Å²) in [7, 11) is 0. The van der Waals surface area contributed by atoms with Crippen molar-refractivity contribution < 1.29 is 9.13 Å². The summed E-state index contributed by atoms with van der Waals surface area (Å²) in [5, 5.41) is 3.95. The van der Waals surface area contributed by atoms with Gasteiger partial charge in [0.2, 0.25) is 0 Å². The van der Waals surface area contributed by atoms with Gasteiger partial charge in [0.25, 0.3) is 0 Å².